The number of fused-ring (bicyclic) bond motifs is 3. The van der Waals surface area contributed by atoms with Crippen LogP contribution >= 0.6 is 0 Å². The summed E-state index contributed by atoms with van der Waals surface area (Å²) < 4.78 is 0. The smallest absolute Gasteiger partial charge is 0.0146 e. The van der Waals surface area contributed by atoms with Crippen LogP contribution in [0.15, 0.2) is 72.8 Å². The van der Waals surface area contributed by atoms with Crippen molar-refractivity contribution in [2.24, 2.45) is 0 Å². The van der Waals surface area contributed by atoms with Crippen LogP contribution in [0.25, 0.3) is 33.4 Å². The quantitative estimate of drug-likeness (QED) is 0.326. The first kappa shape index (κ1) is 18.9. The second-order valence-corrected chi connectivity index (χ2v) is 8.76. The zero-order valence-electron chi connectivity index (χ0n) is 18.3. The average Bonchev–Trinajstić information content (AvgIpc) is 2.76. The molecule has 0 saturated heterocycles. The minimum absolute atomic E-state index is 1.12. The summed E-state index contributed by atoms with van der Waals surface area (Å²) >= 11 is 0. The molecule has 5 rings (SSSR count). The number of benzene rings is 4. The van der Waals surface area contributed by atoms with E-state index in [9.17, 15) is 0 Å². The third kappa shape index (κ3) is 3.08. The van der Waals surface area contributed by atoms with Crippen molar-refractivity contribution < 1.29 is 0 Å². The standard InChI is InChI=1S/C30H28/c1-19-5-9-23(10-6-19)25-13-17-29-27(21(25)3)15-16-28-22(4)26(14-18-30(28)29)24-11-7-20(2)8-12-24/h5-14,17-18H,15-16H2,1-4H3. The topological polar surface area (TPSA) is 0 Å². The molecule has 0 unspecified atom stereocenters. The van der Waals surface area contributed by atoms with Gasteiger partial charge in [0.2, 0.25) is 0 Å². The van der Waals surface area contributed by atoms with Gasteiger partial charge >= 0.3 is 0 Å². The number of hydrogen-bond donors (Lipinski definition) is 0. The molecule has 0 heterocycles. The molecule has 0 nitrogen and oxygen atoms in total. The van der Waals surface area contributed by atoms with Gasteiger partial charge in [-0.1, -0.05) is 83.9 Å². The van der Waals surface area contributed by atoms with E-state index in [1.165, 1.54) is 66.8 Å². The molecule has 148 valence electrons. The first-order valence-electron chi connectivity index (χ1n) is 10.9. The van der Waals surface area contributed by atoms with Crippen molar-refractivity contribution in [1.82, 2.24) is 0 Å². The molecule has 0 bridgehead atoms. The fourth-order valence-corrected chi connectivity index (χ4v) is 5.00. The lowest BCUT2D eigenvalue weighted by atomic mass is 9.78. The van der Waals surface area contributed by atoms with Gasteiger partial charge in [0, 0.05) is 0 Å². The van der Waals surface area contributed by atoms with Crippen molar-refractivity contribution in [2.45, 2.75) is 40.5 Å². The fraction of sp³-hybridized carbons (Fsp3) is 0.200. The summed E-state index contributed by atoms with van der Waals surface area (Å²) in [5.41, 5.74) is 16.7. The summed E-state index contributed by atoms with van der Waals surface area (Å²) in [4.78, 5) is 0. The van der Waals surface area contributed by atoms with Crippen LogP contribution in [0.1, 0.15) is 33.4 Å². The van der Waals surface area contributed by atoms with Crippen LogP contribution in [0.3, 0.4) is 0 Å². The highest BCUT2D eigenvalue weighted by Crippen LogP contribution is 2.42. The molecular weight excluding hydrogens is 360 g/mol. The van der Waals surface area contributed by atoms with Crippen LogP contribution in [0.2, 0.25) is 0 Å². The van der Waals surface area contributed by atoms with Gasteiger partial charge in [0.05, 0.1) is 0 Å². The predicted molar refractivity (Wildman–Crippen MR) is 129 cm³/mol. The highest BCUT2D eigenvalue weighted by molar-refractivity contribution is 5.83. The summed E-state index contributed by atoms with van der Waals surface area (Å²) in [7, 11) is 0. The Hall–Kier alpha value is -3.12. The molecule has 0 saturated carbocycles. The highest BCUT2D eigenvalue weighted by Gasteiger charge is 2.22. The lowest BCUT2D eigenvalue weighted by Gasteiger charge is -2.26. The van der Waals surface area contributed by atoms with Gasteiger partial charge in [-0.3, -0.25) is 0 Å². The molecule has 0 heteroatoms. The van der Waals surface area contributed by atoms with Crippen LogP contribution in [0, 0.1) is 27.7 Å². The summed E-state index contributed by atoms with van der Waals surface area (Å²) in [6.07, 6.45) is 2.23. The van der Waals surface area contributed by atoms with Crippen molar-refractivity contribution in [2.75, 3.05) is 0 Å². The fourth-order valence-electron chi connectivity index (χ4n) is 5.00. The van der Waals surface area contributed by atoms with E-state index in [4.69, 9.17) is 0 Å². The zero-order valence-corrected chi connectivity index (χ0v) is 18.3. The SMILES string of the molecule is Cc1ccc(-c2ccc3c(c2C)CCc2c-3ccc(-c3ccc(C)cc3)c2C)cc1. The Morgan fingerprint density at radius 2 is 0.733 bits per heavy atom. The van der Waals surface area contributed by atoms with E-state index in [1.807, 2.05) is 0 Å². The van der Waals surface area contributed by atoms with Gasteiger partial charge in [-0.2, -0.15) is 0 Å². The molecule has 0 aliphatic heterocycles. The Bertz CT molecular complexity index is 1140. The Kier molecular flexibility index (Phi) is 4.59. The van der Waals surface area contributed by atoms with E-state index in [0.717, 1.165) is 12.8 Å². The lowest BCUT2D eigenvalue weighted by Crippen LogP contribution is -2.09. The molecule has 30 heavy (non-hydrogen) atoms. The lowest BCUT2D eigenvalue weighted by molar-refractivity contribution is 0.922. The van der Waals surface area contributed by atoms with Crippen molar-refractivity contribution in [3.05, 3.63) is 106 Å². The number of hydrogen-bond acceptors (Lipinski definition) is 0. The van der Waals surface area contributed by atoms with E-state index < -0.39 is 0 Å². The molecule has 0 amide bonds. The van der Waals surface area contributed by atoms with E-state index in [-0.39, 0.29) is 0 Å². The molecule has 0 atom stereocenters. The minimum Gasteiger partial charge on any atom is -0.0587 e. The number of aryl methyl sites for hydroxylation is 2. The van der Waals surface area contributed by atoms with Gasteiger partial charge in [-0.05, 0) is 96.2 Å². The molecule has 0 aromatic heterocycles. The summed E-state index contributed by atoms with van der Waals surface area (Å²) in [5.74, 6) is 0. The van der Waals surface area contributed by atoms with Gasteiger partial charge < -0.3 is 0 Å². The maximum absolute atomic E-state index is 2.35. The predicted octanol–water partition coefficient (Wildman–Crippen LogP) is 8.02. The Morgan fingerprint density at radius 1 is 0.400 bits per heavy atom. The maximum Gasteiger partial charge on any atom is -0.0146 e. The van der Waals surface area contributed by atoms with Crippen molar-refractivity contribution in [3.8, 4) is 33.4 Å². The van der Waals surface area contributed by atoms with Gasteiger partial charge in [0.1, 0.15) is 0 Å². The first-order chi connectivity index (χ1) is 14.5. The molecule has 0 spiro atoms. The van der Waals surface area contributed by atoms with Crippen molar-refractivity contribution in [1.29, 1.82) is 0 Å². The largest absolute Gasteiger partial charge is 0.0587 e. The van der Waals surface area contributed by atoms with Crippen LogP contribution in [0.5, 0.6) is 0 Å². The normalized spacial score (nSPS) is 12.4. The average molecular weight is 389 g/mol. The zero-order chi connectivity index (χ0) is 20.8. The molecule has 0 N–H and O–H groups in total. The van der Waals surface area contributed by atoms with Crippen molar-refractivity contribution >= 4 is 0 Å². The van der Waals surface area contributed by atoms with E-state index in [0.29, 0.717) is 0 Å². The molecular formula is C30H28. The molecule has 1 aliphatic rings. The summed E-state index contributed by atoms with van der Waals surface area (Å²) in [6.45, 7) is 8.89. The number of rotatable bonds is 2. The van der Waals surface area contributed by atoms with Gasteiger partial charge in [-0.15, -0.1) is 0 Å². The van der Waals surface area contributed by atoms with Gasteiger partial charge in [0.15, 0.2) is 0 Å². The third-order valence-corrected chi connectivity index (χ3v) is 6.84. The van der Waals surface area contributed by atoms with Crippen LogP contribution < -0.4 is 0 Å². The van der Waals surface area contributed by atoms with Crippen LogP contribution in [-0.4, -0.2) is 0 Å². The van der Waals surface area contributed by atoms with Crippen molar-refractivity contribution in [3.63, 3.8) is 0 Å². The van der Waals surface area contributed by atoms with E-state index in [1.54, 1.807) is 0 Å². The van der Waals surface area contributed by atoms with Gasteiger partial charge in [-0.25, -0.2) is 0 Å². The van der Waals surface area contributed by atoms with E-state index in [2.05, 4.69) is 100 Å². The first-order valence-corrected chi connectivity index (χ1v) is 10.9. The Morgan fingerprint density at radius 3 is 1.10 bits per heavy atom. The highest BCUT2D eigenvalue weighted by atomic mass is 14.3. The Balaban J connectivity index is 1.61. The molecule has 1 aliphatic carbocycles. The minimum atomic E-state index is 1.12. The van der Waals surface area contributed by atoms with E-state index >= 15 is 0 Å². The van der Waals surface area contributed by atoms with Crippen LogP contribution in [0.4, 0.5) is 0 Å². The summed E-state index contributed by atoms with van der Waals surface area (Å²) in [5, 5.41) is 0. The monoisotopic (exact) mass is 388 g/mol. The third-order valence-electron chi connectivity index (χ3n) is 6.84. The van der Waals surface area contributed by atoms with Crippen LogP contribution in [-0.2, 0) is 12.8 Å². The second kappa shape index (κ2) is 7.29. The second-order valence-electron chi connectivity index (χ2n) is 8.76. The Labute approximate surface area is 180 Å². The summed E-state index contributed by atoms with van der Waals surface area (Å²) in [6, 6.07) is 27.2. The molecule has 4 aromatic rings. The molecule has 4 aromatic carbocycles. The van der Waals surface area contributed by atoms with Gasteiger partial charge in [0.25, 0.3) is 0 Å². The molecule has 0 radical (unpaired) electrons. The maximum atomic E-state index is 2.35. The molecule has 0 fully saturated rings.